The van der Waals surface area contributed by atoms with Crippen LogP contribution in [-0.2, 0) is 6.42 Å². The van der Waals surface area contributed by atoms with Crippen molar-refractivity contribution in [3.05, 3.63) is 41.5 Å². The summed E-state index contributed by atoms with van der Waals surface area (Å²) in [5.74, 6) is 1.23. The third kappa shape index (κ3) is 4.06. The summed E-state index contributed by atoms with van der Waals surface area (Å²) in [6.45, 7) is 8.26. The van der Waals surface area contributed by atoms with Crippen LogP contribution in [0.4, 0.5) is 0 Å². The van der Waals surface area contributed by atoms with Gasteiger partial charge in [0.1, 0.15) is 0 Å². The normalized spacial score (nSPS) is 13.2. The molecule has 0 heterocycles. The first kappa shape index (κ1) is 13.5. The van der Waals surface area contributed by atoms with Crippen molar-refractivity contribution in [3.8, 4) is 0 Å². The van der Waals surface area contributed by atoms with Crippen molar-refractivity contribution >= 4 is 11.5 Å². The summed E-state index contributed by atoms with van der Waals surface area (Å²) in [5, 5.41) is 0. The molecule has 1 aromatic carbocycles. The fourth-order valence-corrected chi connectivity index (χ4v) is 1.86. The lowest BCUT2D eigenvalue weighted by atomic mass is 9.96. The highest BCUT2D eigenvalue weighted by Crippen LogP contribution is 2.22. The van der Waals surface area contributed by atoms with Gasteiger partial charge in [0.15, 0.2) is 0 Å². The van der Waals surface area contributed by atoms with Gasteiger partial charge < -0.3 is 5.73 Å². The van der Waals surface area contributed by atoms with Gasteiger partial charge in [-0.05, 0) is 31.7 Å². The number of hydrogen-bond donors (Lipinski definition) is 1. The summed E-state index contributed by atoms with van der Waals surface area (Å²) in [5.41, 5.74) is 9.15. The van der Waals surface area contributed by atoms with E-state index in [9.17, 15) is 0 Å². The van der Waals surface area contributed by atoms with Crippen LogP contribution in [0.15, 0.2) is 35.3 Å². The van der Waals surface area contributed by atoms with E-state index in [-0.39, 0.29) is 0 Å². The van der Waals surface area contributed by atoms with Gasteiger partial charge in [0.05, 0.1) is 11.5 Å². The maximum atomic E-state index is 5.67. The van der Waals surface area contributed by atoms with Gasteiger partial charge in [0.25, 0.3) is 0 Å². The molecule has 0 unspecified atom stereocenters. The molecule has 0 spiro atoms. The van der Waals surface area contributed by atoms with Gasteiger partial charge in [-0.2, -0.15) is 0 Å². The molecular weight excluding hydrogens is 208 g/mol. The molecule has 92 valence electrons. The maximum absolute atomic E-state index is 5.67. The van der Waals surface area contributed by atoms with Crippen LogP contribution in [-0.4, -0.2) is 5.84 Å². The smallest absolute Gasteiger partial charge is 0.0965 e. The van der Waals surface area contributed by atoms with Gasteiger partial charge in [-0.25, -0.2) is 4.99 Å². The van der Waals surface area contributed by atoms with Crippen molar-refractivity contribution in [3.63, 3.8) is 0 Å². The van der Waals surface area contributed by atoms with E-state index in [4.69, 9.17) is 5.73 Å². The monoisotopic (exact) mass is 230 g/mol. The highest BCUT2D eigenvalue weighted by Gasteiger charge is 2.07. The zero-order valence-corrected chi connectivity index (χ0v) is 11.2. The molecule has 2 heteroatoms. The largest absolute Gasteiger partial charge is 0.387 e. The Balaban J connectivity index is 3.16. The molecule has 17 heavy (non-hydrogen) atoms. The molecule has 0 saturated heterocycles. The maximum Gasteiger partial charge on any atom is 0.0965 e. The SMILES string of the molecule is C/C=C(\N=C(/C)N)c1ccccc1CC(C)C. The molecule has 0 atom stereocenters. The van der Waals surface area contributed by atoms with Crippen molar-refractivity contribution in [2.24, 2.45) is 16.6 Å². The van der Waals surface area contributed by atoms with Gasteiger partial charge >= 0.3 is 0 Å². The highest BCUT2D eigenvalue weighted by molar-refractivity contribution is 5.85. The molecule has 1 rings (SSSR count). The van der Waals surface area contributed by atoms with Crippen LogP contribution in [0.5, 0.6) is 0 Å². The van der Waals surface area contributed by atoms with Crippen LogP contribution in [0, 0.1) is 5.92 Å². The zero-order valence-electron chi connectivity index (χ0n) is 11.2. The standard InChI is InChI=1S/C15H22N2/c1-5-15(17-12(4)16)14-9-7-6-8-13(14)10-11(2)3/h5-9,11H,10H2,1-4H3,(H2,16,17)/b15-5-. The van der Waals surface area contributed by atoms with Crippen molar-refractivity contribution < 1.29 is 0 Å². The Bertz CT molecular complexity index is 424. The lowest BCUT2D eigenvalue weighted by molar-refractivity contribution is 0.646. The summed E-state index contributed by atoms with van der Waals surface area (Å²) in [6, 6.07) is 8.40. The van der Waals surface area contributed by atoms with E-state index in [1.807, 2.05) is 26.0 Å². The minimum Gasteiger partial charge on any atom is -0.387 e. The first-order valence-corrected chi connectivity index (χ1v) is 6.10. The van der Waals surface area contributed by atoms with E-state index >= 15 is 0 Å². The molecule has 0 fully saturated rings. The molecule has 0 aliphatic rings. The molecule has 0 aromatic heterocycles. The second-order valence-corrected chi connectivity index (χ2v) is 4.68. The van der Waals surface area contributed by atoms with Gasteiger partial charge in [-0.3, -0.25) is 0 Å². The third-order valence-corrected chi connectivity index (χ3v) is 2.49. The van der Waals surface area contributed by atoms with Crippen LogP contribution in [0.3, 0.4) is 0 Å². The Morgan fingerprint density at radius 3 is 2.53 bits per heavy atom. The van der Waals surface area contributed by atoms with Crippen molar-refractivity contribution in [1.29, 1.82) is 0 Å². The van der Waals surface area contributed by atoms with Crippen LogP contribution in [0.2, 0.25) is 0 Å². The van der Waals surface area contributed by atoms with Crippen molar-refractivity contribution in [2.75, 3.05) is 0 Å². The molecule has 0 saturated carbocycles. The number of benzene rings is 1. The van der Waals surface area contributed by atoms with Crippen molar-refractivity contribution in [2.45, 2.75) is 34.1 Å². The number of hydrogen-bond acceptors (Lipinski definition) is 1. The Labute approximate surface area is 104 Å². The molecular formula is C15H22N2. The lowest BCUT2D eigenvalue weighted by Gasteiger charge is -2.12. The number of aliphatic imine (C=N–C) groups is 1. The predicted octanol–water partition coefficient (Wildman–Crippen LogP) is 3.62. The van der Waals surface area contributed by atoms with E-state index in [1.54, 1.807) is 0 Å². The second-order valence-electron chi connectivity index (χ2n) is 4.68. The number of rotatable bonds is 4. The number of nitrogens with zero attached hydrogens (tertiary/aromatic N) is 1. The lowest BCUT2D eigenvalue weighted by Crippen LogP contribution is -2.06. The number of amidine groups is 1. The molecule has 1 aromatic rings. The molecule has 0 bridgehead atoms. The summed E-state index contributed by atoms with van der Waals surface area (Å²) < 4.78 is 0. The van der Waals surface area contributed by atoms with Crippen LogP contribution in [0.25, 0.3) is 5.70 Å². The summed E-state index contributed by atoms with van der Waals surface area (Å²) >= 11 is 0. The van der Waals surface area contributed by atoms with Crippen LogP contribution < -0.4 is 5.73 Å². The first-order chi connectivity index (χ1) is 8.04. The molecule has 0 aliphatic carbocycles. The average molecular weight is 230 g/mol. The van der Waals surface area contributed by atoms with Gasteiger partial charge in [-0.15, -0.1) is 0 Å². The topological polar surface area (TPSA) is 38.4 Å². The van der Waals surface area contributed by atoms with E-state index in [0.717, 1.165) is 12.1 Å². The Kier molecular flexibility index (Phi) is 4.95. The molecule has 2 nitrogen and oxygen atoms in total. The summed E-state index contributed by atoms with van der Waals surface area (Å²) in [4.78, 5) is 4.39. The molecule has 0 aliphatic heterocycles. The quantitative estimate of drug-likeness (QED) is 0.622. The van der Waals surface area contributed by atoms with Crippen LogP contribution in [0.1, 0.15) is 38.8 Å². The van der Waals surface area contributed by atoms with Gasteiger partial charge in [0, 0.05) is 5.56 Å². The zero-order chi connectivity index (χ0) is 12.8. The Morgan fingerprint density at radius 2 is 2.00 bits per heavy atom. The van der Waals surface area contributed by atoms with Crippen molar-refractivity contribution in [1.82, 2.24) is 0 Å². The predicted molar refractivity (Wildman–Crippen MR) is 75.9 cm³/mol. The number of nitrogens with two attached hydrogens (primary N) is 1. The Morgan fingerprint density at radius 1 is 1.35 bits per heavy atom. The van der Waals surface area contributed by atoms with E-state index in [2.05, 4.69) is 37.0 Å². The molecule has 0 amide bonds. The minimum absolute atomic E-state index is 0.595. The summed E-state index contributed by atoms with van der Waals surface area (Å²) in [7, 11) is 0. The average Bonchev–Trinajstić information content (AvgIpc) is 2.26. The van der Waals surface area contributed by atoms with E-state index in [0.29, 0.717) is 11.8 Å². The third-order valence-electron chi connectivity index (χ3n) is 2.49. The van der Waals surface area contributed by atoms with Crippen LogP contribution >= 0.6 is 0 Å². The Hall–Kier alpha value is -1.57. The van der Waals surface area contributed by atoms with E-state index < -0.39 is 0 Å². The number of allylic oxidation sites excluding steroid dienone is 1. The first-order valence-electron chi connectivity index (χ1n) is 6.10. The minimum atomic E-state index is 0.595. The van der Waals surface area contributed by atoms with E-state index in [1.165, 1.54) is 11.1 Å². The fraction of sp³-hybridized carbons (Fsp3) is 0.400. The van der Waals surface area contributed by atoms with Gasteiger partial charge in [0.2, 0.25) is 0 Å². The summed E-state index contributed by atoms with van der Waals surface area (Å²) in [6.07, 6.45) is 3.07. The van der Waals surface area contributed by atoms with Gasteiger partial charge in [-0.1, -0.05) is 44.2 Å². The molecule has 0 radical (unpaired) electrons. The highest BCUT2D eigenvalue weighted by atomic mass is 14.9. The fourth-order valence-electron chi connectivity index (χ4n) is 1.86. The second kappa shape index (κ2) is 6.24. The molecule has 2 N–H and O–H groups in total.